The Hall–Kier alpha value is -2.51. The van der Waals surface area contributed by atoms with Crippen LogP contribution in [-0.4, -0.2) is 95.5 Å². The number of rotatable bonds is 4. The molecule has 12 nitrogen and oxygen atoms in total. The summed E-state index contributed by atoms with van der Waals surface area (Å²) >= 11 is 0. The van der Waals surface area contributed by atoms with Gasteiger partial charge in [0, 0.05) is 26.7 Å². The monoisotopic (exact) mass is 668 g/mol. The zero-order valence-corrected chi connectivity index (χ0v) is 28.3. The average molecular weight is 669 g/mol. The fraction of sp³-hybridized carbons (Fsp3) is 0.800. The number of esters is 3. The van der Waals surface area contributed by atoms with Gasteiger partial charge in [-0.1, -0.05) is 50.7 Å². The summed E-state index contributed by atoms with van der Waals surface area (Å²) in [4.78, 5) is 35.8. The van der Waals surface area contributed by atoms with Crippen LogP contribution in [0.25, 0.3) is 0 Å². The average Bonchev–Trinajstić information content (AvgIpc) is 3.01. The molecule has 0 saturated carbocycles. The number of hydrogen-bond acceptors (Lipinski definition) is 12. The molecule has 268 valence electrons. The predicted octanol–water partition coefficient (Wildman–Crippen LogP) is 4.17. The largest absolute Gasteiger partial charge is 0.485 e. The second-order valence-corrected chi connectivity index (χ2v) is 12.9. The van der Waals surface area contributed by atoms with Gasteiger partial charge in [0.15, 0.2) is 12.4 Å². The number of ether oxygens (including phenoxy) is 6. The maximum atomic E-state index is 12.7. The highest BCUT2D eigenvalue weighted by molar-refractivity contribution is 5.69. The fourth-order valence-corrected chi connectivity index (χ4v) is 6.08. The topological polar surface area (TPSA) is 167 Å². The summed E-state index contributed by atoms with van der Waals surface area (Å²) in [7, 11) is 0. The number of aliphatic hydroxyl groups excluding tert-OH is 3. The Kier molecular flexibility index (Phi) is 17.2. The van der Waals surface area contributed by atoms with Crippen molar-refractivity contribution in [1.29, 1.82) is 0 Å². The van der Waals surface area contributed by atoms with E-state index in [0.717, 1.165) is 70.6 Å². The third-order valence-corrected chi connectivity index (χ3v) is 8.79. The zero-order valence-electron chi connectivity index (χ0n) is 28.3. The minimum Gasteiger partial charge on any atom is -0.485 e. The lowest BCUT2D eigenvalue weighted by atomic mass is 9.88. The first-order valence-corrected chi connectivity index (χ1v) is 17.4. The van der Waals surface area contributed by atoms with E-state index in [2.05, 4.69) is 12.2 Å². The molecule has 9 unspecified atom stereocenters. The molecule has 0 aliphatic carbocycles. The second kappa shape index (κ2) is 20.8. The first-order valence-electron chi connectivity index (χ1n) is 17.4. The van der Waals surface area contributed by atoms with Crippen LogP contribution < -0.4 is 0 Å². The van der Waals surface area contributed by atoms with Crippen molar-refractivity contribution in [3.05, 3.63) is 24.0 Å². The molecular weight excluding hydrogens is 612 g/mol. The predicted molar refractivity (Wildman–Crippen MR) is 171 cm³/mol. The molecule has 4 aliphatic rings. The maximum absolute atomic E-state index is 12.7. The Morgan fingerprint density at radius 3 is 2.04 bits per heavy atom. The molecule has 9 atom stereocenters. The number of carbonyl (C=O) groups excluding carboxylic acids is 3. The molecule has 0 spiro atoms. The van der Waals surface area contributed by atoms with E-state index in [1.165, 1.54) is 19.9 Å². The molecule has 0 aromatic carbocycles. The van der Waals surface area contributed by atoms with E-state index in [9.17, 15) is 29.7 Å². The van der Waals surface area contributed by atoms with Gasteiger partial charge in [0.05, 0.1) is 18.1 Å². The molecule has 4 rings (SSSR count). The molecule has 4 aliphatic heterocycles. The van der Waals surface area contributed by atoms with Crippen molar-refractivity contribution >= 4 is 17.9 Å². The Labute approximate surface area is 278 Å². The number of allylic oxidation sites excluding steroid dienone is 2. The lowest BCUT2D eigenvalue weighted by Gasteiger charge is -2.43. The highest BCUT2D eigenvalue weighted by Gasteiger charge is 2.47. The Morgan fingerprint density at radius 1 is 0.787 bits per heavy atom. The second-order valence-electron chi connectivity index (χ2n) is 12.9. The first-order chi connectivity index (χ1) is 22.5. The molecule has 2 saturated heterocycles. The Bertz CT molecular complexity index is 1030. The van der Waals surface area contributed by atoms with Gasteiger partial charge in [-0.05, 0) is 51.5 Å². The maximum Gasteiger partial charge on any atom is 0.306 e. The highest BCUT2D eigenvalue weighted by atomic mass is 16.7. The van der Waals surface area contributed by atoms with E-state index >= 15 is 0 Å². The smallest absolute Gasteiger partial charge is 0.306 e. The first kappa shape index (κ1) is 38.9. The third kappa shape index (κ3) is 13.9. The molecule has 0 radical (unpaired) electrons. The van der Waals surface area contributed by atoms with Crippen molar-refractivity contribution < 1.29 is 58.1 Å². The fourth-order valence-electron chi connectivity index (χ4n) is 6.08. The van der Waals surface area contributed by atoms with Crippen LogP contribution in [0.3, 0.4) is 0 Å². The summed E-state index contributed by atoms with van der Waals surface area (Å²) in [5.41, 5.74) is 0. The van der Waals surface area contributed by atoms with Gasteiger partial charge in [0.25, 0.3) is 0 Å². The van der Waals surface area contributed by atoms with Crippen LogP contribution in [0.2, 0.25) is 0 Å². The molecule has 12 heteroatoms. The van der Waals surface area contributed by atoms with Gasteiger partial charge < -0.3 is 43.7 Å². The number of hydrogen-bond donors (Lipinski definition) is 3. The van der Waals surface area contributed by atoms with Crippen LogP contribution in [0, 0.1) is 5.92 Å². The molecular formula is C35H56O12. The molecule has 3 N–H and O–H groups in total. The van der Waals surface area contributed by atoms with Crippen LogP contribution in [0.15, 0.2) is 24.0 Å². The number of carbonyl (C=O) groups is 3. The zero-order chi connectivity index (χ0) is 34.2. The van der Waals surface area contributed by atoms with E-state index in [0.29, 0.717) is 6.42 Å². The van der Waals surface area contributed by atoms with Crippen molar-refractivity contribution in [3.63, 3.8) is 0 Å². The van der Waals surface area contributed by atoms with E-state index in [1.807, 2.05) is 6.92 Å². The van der Waals surface area contributed by atoms with E-state index < -0.39 is 66.7 Å². The molecule has 0 amide bonds. The van der Waals surface area contributed by atoms with Gasteiger partial charge in [0.1, 0.15) is 43.4 Å². The van der Waals surface area contributed by atoms with E-state index in [-0.39, 0.29) is 37.9 Å². The van der Waals surface area contributed by atoms with Gasteiger partial charge >= 0.3 is 17.9 Å². The summed E-state index contributed by atoms with van der Waals surface area (Å²) < 4.78 is 34.3. The quantitative estimate of drug-likeness (QED) is 0.223. The molecule has 0 aromatic heterocycles. The van der Waals surface area contributed by atoms with Crippen molar-refractivity contribution in [2.24, 2.45) is 5.92 Å². The number of aliphatic hydroxyl groups is 3. The minimum atomic E-state index is -1.44. The van der Waals surface area contributed by atoms with Crippen molar-refractivity contribution in [3.8, 4) is 0 Å². The summed E-state index contributed by atoms with van der Waals surface area (Å²) in [6, 6.07) is 0. The van der Waals surface area contributed by atoms with Crippen LogP contribution in [0.1, 0.15) is 111 Å². The van der Waals surface area contributed by atoms with E-state index in [1.54, 1.807) is 0 Å². The van der Waals surface area contributed by atoms with Crippen LogP contribution in [-0.2, 0) is 42.8 Å². The SMILES string of the molecule is CC(=O)OCC1O/C2=C/C3C(OC(C)CCCCCC/C=C\CCCCCCCC(=O)OC1CC2O)OC(COC(C)=O)C(O)C3O. The molecule has 2 bridgehead atoms. The molecule has 0 aromatic rings. The Morgan fingerprint density at radius 2 is 1.38 bits per heavy atom. The van der Waals surface area contributed by atoms with Gasteiger partial charge in [-0.15, -0.1) is 0 Å². The molecule has 47 heavy (non-hydrogen) atoms. The van der Waals surface area contributed by atoms with Crippen molar-refractivity contribution in [1.82, 2.24) is 0 Å². The van der Waals surface area contributed by atoms with Crippen LogP contribution in [0.4, 0.5) is 0 Å². The Balaban J connectivity index is 1.82. The van der Waals surface area contributed by atoms with Gasteiger partial charge in [-0.25, -0.2) is 0 Å². The summed E-state index contributed by atoms with van der Waals surface area (Å²) in [6.07, 6.45) is 9.81. The third-order valence-electron chi connectivity index (χ3n) is 8.79. The summed E-state index contributed by atoms with van der Waals surface area (Å²) in [5.74, 6) is -2.46. The van der Waals surface area contributed by atoms with E-state index in [4.69, 9.17) is 28.4 Å². The van der Waals surface area contributed by atoms with Crippen LogP contribution >= 0.6 is 0 Å². The van der Waals surface area contributed by atoms with Crippen LogP contribution in [0.5, 0.6) is 0 Å². The highest BCUT2D eigenvalue weighted by Crippen LogP contribution is 2.34. The van der Waals surface area contributed by atoms with Gasteiger partial charge in [-0.2, -0.15) is 0 Å². The molecule has 4 heterocycles. The normalized spacial score (nSPS) is 36.0. The molecule has 2 fully saturated rings. The van der Waals surface area contributed by atoms with Gasteiger partial charge in [0.2, 0.25) is 0 Å². The lowest BCUT2D eigenvalue weighted by Crippen LogP contribution is -2.57. The summed E-state index contributed by atoms with van der Waals surface area (Å²) in [5, 5.41) is 33.3. The minimum absolute atomic E-state index is 0.0275. The number of fused-ring (bicyclic) bond motifs is 19. The lowest BCUT2D eigenvalue weighted by molar-refractivity contribution is -0.288. The van der Waals surface area contributed by atoms with Crippen molar-refractivity contribution in [2.75, 3.05) is 13.2 Å². The standard InChI is InChI=1S/C35H56O12/c1-23-17-15-13-11-9-7-5-4-6-8-10-12-14-16-18-32(39)46-29-20-27(38)28(45-30(29)21-42-24(2)36)19-26-33(40)34(41)31(22-43-25(3)37)47-35(26)44-23/h4-5,19,23,26-27,29-31,33-35,38,40-41H,6-18,20-22H2,1-3H3/b5-4-,28-19+. The summed E-state index contributed by atoms with van der Waals surface area (Å²) in [6.45, 7) is 3.89. The van der Waals surface area contributed by atoms with Gasteiger partial charge in [-0.3, -0.25) is 14.4 Å². The van der Waals surface area contributed by atoms with Crippen molar-refractivity contribution in [2.45, 2.75) is 160 Å².